The first-order valence-electron chi connectivity index (χ1n) is 5.43. The summed E-state index contributed by atoms with van der Waals surface area (Å²) in [6.45, 7) is 3.13. The number of nitrogens with one attached hydrogen (secondary N) is 1. The molecule has 0 aliphatic rings. The molecule has 0 saturated heterocycles. The average Bonchev–Trinajstić information content (AvgIpc) is 2.26. The Kier molecular flexibility index (Phi) is 4.70. The van der Waals surface area contributed by atoms with E-state index in [2.05, 4.69) is 5.32 Å². The number of hydrogen-bond acceptors (Lipinski definition) is 2. The van der Waals surface area contributed by atoms with Crippen molar-refractivity contribution in [2.45, 2.75) is 32.7 Å². The summed E-state index contributed by atoms with van der Waals surface area (Å²) in [7, 11) is 0. The van der Waals surface area contributed by atoms with Gasteiger partial charge in [-0.1, -0.05) is 30.3 Å². The molecule has 1 atom stereocenters. The summed E-state index contributed by atoms with van der Waals surface area (Å²) < 4.78 is 0. The van der Waals surface area contributed by atoms with Gasteiger partial charge in [0.1, 0.15) is 0 Å². The van der Waals surface area contributed by atoms with Gasteiger partial charge in [0.2, 0.25) is 5.91 Å². The molecule has 86 valence electrons. The lowest BCUT2D eigenvalue weighted by molar-refractivity contribution is -0.126. The molecule has 0 saturated carbocycles. The second-order valence-corrected chi connectivity index (χ2v) is 3.87. The molecule has 1 N–H and O–H groups in total. The Labute approximate surface area is 95.9 Å². The quantitative estimate of drug-likeness (QED) is 0.819. The third-order valence-electron chi connectivity index (χ3n) is 2.41. The number of Topliss-reactive ketones (excluding diaryl/α,β-unsaturated/α-hetero) is 1. The average molecular weight is 219 g/mol. The minimum atomic E-state index is -0.388. The molecule has 0 bridgehead atoms. The van der Waals surface area contributed by atoms with Crippen LogP contribution in [0.25, 0.3) is 0 Å². The zero-order chi connectivity index (χ0) is 12.0. The third-order valence-corrected chi connectivity index (χ3v) is 2.41. The van der Waals surface area contributed by atoms with E-state index in [0.29, 0.717) is 6.42 Å². The maximum atomic E-state index is 11.6. The Hall–Kier alpha value is -1.64. The van der Waals surface area contributed by atoms with Gasteiger partial charge in [0.25, 0.3) is 0 Å². The highest BCUT2D eigenvalue weighted by Gasteiger charge is 2.12. The van der Waals surface area contributed by atoms with Gasteiger partial charge in [-0.25, -0.2) is 0 Å². The topological polar surface area (TPSA) is 46.2 Å². The van der Waals surface area contributed by atoms with Crippen LogP contribution in [-0.4, -0.2) is 17.7 Å². The van der Waals surface area contributed by atoms with E-state index in [9.17, 15) is 9.59 Å². The predicted molar refractivity (Wildman–Crippen MR) is 63.0 cm³/mol. The first kappa shape index (κ1) is 12.4. The molecule has 3 nitrogen and oxygen atoms in total. The first-order valence-corrected chi connectivity index (χ1v) is 5.43. The highest BCUT2D eigenvalue weighted by molar-refractivity contribution is 5.88. The van der Waals surface area contributed by atoms with E-state index in [1.165, 1.54) is 6.92 Å². The minimum Gasteiger partial charge on any atom is -0.347 e. The van der Waals surface area contributed by atoms with Crippen molar-refractivity contribution in [2.75, 3.05) is 0 Å². The zero-order valence-electron chi connectivity index (χ0n) is 9.69. The van der Waals surface area contributed by atoms with Crippen molar-refractivity contribution in [1.82, 2.24) is 5.32 Å². The van der Waals surface area contributed by atoms with Crippen molar-refractivity contribution >= 4 is 11.7 Å². The van der Waals surface area contributed by atoms with Gasteiger partial charge < -0.3 is 5.32 Å². The standard InChI is InChI=1S/C13H17NO2/c1-10(14-11(2)15)13(16)9-8-12-6-4-3-5-7-12/h3-7,10H,8-9H2,1-2H3,(H,14,15)/t10-/m1/s1. The van der Waals surface area contributed by atoms with Gasteiger partial charge in [-0.05, 0) is 18.9 Å². The highest BCUT2D eigenvalue weighted by atomic mass is 16.2. The van der Waals surface area contributed by atoms with Crippen molar-refractivity contribution in [3.05, 3.63) is 35.9 Å². The maximum Gasteiger partial charge on any atom is 0.217 e. The van der Waals surface area contributed by atoms with E-state index >= 15 is 0 Å². The van der Waals surface area contributed by atoms with Crippen LogP contribution >= 0.6 is 0 Å². The molecule has 1 amide bonds. The molecule has 3 heteroatoms. The van der Waals surface area contributed by atoms with Crippen LogP contribution in [0.4, 0.5) is 0 Å². The van der Waals surface area contributed by atoms with Crippen molar-refractivity contribution in [3.8, 4) is 0 Å². The van der Waals surface area contributed by atoms with Crippen molar-refractivity contribution in [3.63, 3.8) is 0 Å². The second-order valence-electron chi connectivity index (χ2n) is 3.87. The molecule has 1 aromatic carbocycles. The predicted octanol–water partition coefficient (Wildman–Crippen LogP) is 1.71. The fraction of sp³-hybridized carbons (Fsp3) is 0.385. The van der Waals surface area contributed by atoms with Crippen molar-refractivity contribution in [2.24, 2.45) is 0 Å². The zero-order valence-corrected chi connectivity index (χ0v) is 9.69. The van der Waals surface area contributed by atoms with E-state index in [0.717, 1.165) is 12.0 Å². The first-order chi connectivity index (χ1) is 7.59. The van der Waals surface area contributed by atoms with Gasteiger partial charge in [-0.2, -0.15) is 0 Å². The van der Waals surface area contributed by atoms with Crippen LogP contribution in [0.3, 0.4) is 0 Å². The summed E-state index contributed by atoms with van der Waals surface area (Å²) in [5, 5.41) is 2.59. The number of amides is 1. The summed E-state index contributed by atoms with van der Waals surface area (Å²) in [5.41, 5.74) is 1.14. The summed E-state index contributed by atoms with van der Waals surface area (Å²) in [5.74, 6) is -0.0976. The van der Waals surface area contributed by atoms with Crippen molar-refractivity contribution < 1.29 is 9.59 Å². The van der Waals surface area contributed by atoms with E-state index in [1.807, 2.05) is 30.3 Å². The largest absolute Gasteiger partial charge is 0.347 e. The SMILES string of the molecule is CC(=O)N[C@H](C)C(=O)CCc1ccccc1. The van der Waals surface area contributed by atoms with Crippen LogP contribution in [0.1, 0.15) is 25.8 Å². The molecule has 1 aromatic rings. The number of benzene rings is 1. The number of ketones is 1. The van der Waals surface area contributed by atoms with Gasteiger partial charge in [-0.3, -0.25) is 9.59 Å². The lowest BCUT2D eigenvalue weighted by atomic mass is 10.0. The third kappa shape index (κ3) is 4.26. The lowest BCUT2D eigenvalue weighted by Gasteiger charge is -2.10. The Morgan fingerprint density at radius 1 is 1.25 bits per heavy atom. The number of aryl methyl sites for hydroxylation is 1. The molecular formula is C13H17NO2. The van der Waals surface area contributed by atoms with Gasteiger partial charge in [-0.15, -0.1) is 0 Å². The number of hydrogen-bond donors (Lipinski definition) is 1. The molecule has 0 aliphatic carbocycles. The Morgan fingerprint density at radius 3 is 2.44 bits per heavy atom. The van der Waals surface area contributed by atoms with E-state index in [1.54, 1.807) is 6.92 Å². The van der Waals surface area contributed by atoms with Gasteiger partial charge >= 0.3 is 0 Å². The minimum absolute atomic E-state index is 0.0686. The summed E-state index contributed by atoms with van der Waals surface area (Å²) in [6.07, 6.45) is 1.19. The Balaban J connectivity index is 2.38. The number of carbonyl (C=O) groups is 2. The van der Waals surface area contributed by atoms with Crippen LogP contribution in [0.2, 0.25) is 0 Å². The van der Waals surface area contributed by atoms with Crippen LogP contribution in [-0.2, 0) is 16.0 Å². The number of carbonyl (C=O) groups excluding carboxylic acids is 2. The lowest BCUT2D eigenvalue weighted by Crippen LogP contribution is -2.37. The van der Waals surface area contributed by atoms with E-state index in [4.69, 9.17) is 0 Å². The number of rotatable bonds is 5. The smallest absolute Gasteiger partial charge is 0.217 e. The molecular weight excluding hydrogens is 202 g/mol. The van der Waals surface area contributed by atoms with Crippen LogP contribution in [0.5, 0.6) is 0 Å². The fourth-order valence-corrected chi connectivity index (χ4v) is 1.51. The van der Waals surface area contributed by atoms with Crippen molar-refractivity contribution in [1.29, 1.82) is 0 Å². The normalized spacial score (nSPS) is 11.9. The fourth-order valence-electron chi connectivity index (χ4n) is 1.51. The summed E-state index contributed by atoms with van der Waals surface area (Å²) >= 11 is 0. The molecule has 0 aromatic heterocycles. The summed E-state index contributed by atoms with van der Waals surface area (Å²) in [4.78, 5) is 22.4. The van der Waals surface area contributed by atoms with Crippen LogP contribution in [0, 0.1) is 0 Å². The molecule has 0 radical (unpaired) electrons. The maximum absolute atomic E-state index is 11.6. The molecule has 0 fully saturated rings. The molecule has 16 heavy (non-hydrogen) atoms. The van der Waals surface area contributed by atoms with Gasteiger partial charge in [0.05, 0.1) is 6.04 Å². The Bertz CT molecular complexity index is 359. The summed E-state index contributed by atoms with van der Waals surface area (Å²) in [6, 6.07) is 9.47. The molecule has 0 aliphatic heterocycles. The van der Waals surface area contributed by atoms with Crippen LogP contribution < -0.4 is 5.32 Å². The van der Waals surface area contributed by atoms with Gasteiger partial charge in [0, 0.05) is 13.3 Å². The molecule has 1 rings (SSSR count). The second kappa shape index (κ2) is 6.05. The van der Waals surface area contributed by atoms with E-state index < -0.39 is 0 Å². The molecule has 0 heterocycles. The van der Waals surface area contributed by atoms with Crippen LogP contribution in [0.15, 0.2) is 30.3 Å². The monoisotopic (exact) mass is 219 g/mol. The van der Waals surface area contributed by atoms with Gasteiger partial charge in [0.15, 0.2) is 5.78 Å². The molecule has 0 unspecified atom stereocenters. The molecule has 0 spiro atoms. The Morgan fingerprint density at radius 2 is 1.88 bits per heavy atom. The highest BCUT2D eigenvalue weighted by Crippen LogP contribution is 2.04. The van der Waals surface area contributed by atoms with E-state index in [-0.39, 0.29) is 17.7 Å².